The molecule has 3 nitrogen and oxygen atoms in total. The fourth-order valence-corrected chi connectivity index (χ4v) is 2.02. The van der Waals surface area contributed by atoms with Gasteiger partial charge >= 0.3 is 0 Å². The second kappa shape index (κ2) is 10.0. The van der Waals surface area contributed by atoms with Crippen molar-refractivity contribution in [3.63, 3.8) is 0 Å². The molecule has 0 aromatic carbocycles. The Hall–Kier alpha value is -0.800. The zero-order chi connectivity index (χ0) is 13.9. The van der Waals surface area contributed by atoms with E-state index in [1.54, 1.807) is 0 Å². The molecule has 3 heteroatoms. The van der Waals surface area contributed by atoms with Crippen LogP contribution in [0.25, 0.3) is 0 Å². The van der Waals surface area contributed by atoms with Gasteiger partial charge in [-0.1, -0.05) is 33.1 Å². The van der Waals surface area contributed by atoms with Crippen LogP contribution in [-0.2, 0) is 17.9 Å². The highest BCUT2D eigenvalue weighted by Gasteiger charge is 2.07. The number of ether oxygens (including phenoxy) is 1. The van der Waals surface area contributed by atoms with Crippen LogP contribution in [0.3, 0.4) is 0 Å². The van der Waals surface area contributed by atoms with E-state index in [2.05, 4.69) is 32.2 Å². The standard InChI is InChI=1S/C16H29NO2/c1-4-6-7-8-10-18-13-15-11-14(3)16(19-15)12-17-9-5-2/h11,17H,4-10,12-13H2,1-3H3. The van der Waals surface area contributed by atoms with Crippen LogP contribution in [0.2, 0.25) is 0 Å². The summed E-state index contributed by atoms with van der Waals surface area (Å²) in [7, 11) is 0. The highest BCUT2D eigenvalue weighted by Crippen LogP contribution is 2.15. The molecular formula is C16H29NO2. The fraction of sp³-hybridized carbons (Fsp3) is 0.750. The van der Waals surface area contributed by atoms with Crippen molar-refractivity contribution in [1.82, 2.24) is 5.32 Å². The van der Waals surface area contributed by atoms with Crippen LogP contribution in [0.5, 0.6) is 0 Å². The maximum absolute atomic E-state index is 5.80. The van der Waals surface area contributed by atoms with Crippen LogP contribution in [0.4, 0.5) is 0 Å². The Morgan fingerprint density at radius 2 is 2.00 bits per heavy atom. The first-order valence-corrected chi connectivity index (χ1v) is 7.64. The number of hydrogen-bond acceptors (Lipinski definition) is 3. The molecule has 0 saturated carbocycles. The minimum Gasteiger partial charge on any atom is -0.462 e. The molecule has 1 N–H and O–H groups in total. The van der Waals surface area contributed by atoms with Gasteiger partial charge in [-0.15, -0.1) is 0 Å². The molecule has 1 aromatic rings. The van der Waals surface area contributed by atoms with Crippen molar-refractivity contribution < 1.29 is 9.15 Å². The molecule has 19 heavy (non-hydrogen) atoms. The molecule has 0 fully saturated rings. The molecule has 110 valence electrons. The minimum atomic E-state index is 0.598. The number of furan rings is 1. The molecule has 0 atom stereocenters. The summed E-state index contributed by atoms with van der Waals surface area (Å²) in [6, 6.07) is 2.09. The number of hydrogen-bond donors (Lipinski definition) is 1. The Kier molecular flexibility index (Phi) is 8.59. The first-order chi connectivity index (χ1) is 9.27. The van der Waals surface area contributed by atoms with Gasteiger partial charge in [0.2, 0.25) is 0 Å². The van der Waals surface area contributed by atoms with E-state index in [-0.39, 0.29) is 0 Å². The van der Waals surface area contributed by atoms with E-state index in [0.29, 0.717) is 6.61 Å². The summed E-state index contributed by atoms with van der Waals surface area (Å²) in [5.41, 5.74) is 1.22. The van der Waals surface area contributed by atoms with E-state index in [9.17, 15) is 0 Å². The van der Waals surface area contributed by atoms with Crippen LogP contribution >= 0.6 is 0 Å². The van der Waals surface area contributed by atoms with Gasteiger partial charge in [0.05, 0.1) is 6.54 Å². The fourth-order valence-electron chi connectivity index (χ4n) is 2.02. The monoisotopic (exact) mass is 267 g/mol. The second-order valence-electron chi connectivity index (χ2n) is 5.11. The Balaban J connectivity index is 2.21. The van der Waals surface area contributed by atoms with E-state index in [1.807, 2.05) is 0 Å². The highest BCUT2D eigenvalue weighted by atomic mass is 16.5. The summed E-state index contributed by atoms with van der Waals surface area (Å²) in [5.74, 6) is 1.99. The van der Waals surface area contributed by atoms with Gasteiger partial charge in [-0.05, 0) is 37.9 Å². The molecule has 0 aliphatic rings. The van der Waals surface area contributed by atoms with Crippen molar-refractivity contribution in [2.45, 2.75) is 66.0 Å². The first-order valence-electron chi connectivity index (χ1n) is 7.64. The van der Waals surface area contributed by atoms with E-state index in [4.69, 9.17) is 9.15 Å². The van der Waals surface area contributed by atoms with Crippen molar-refractivity contribution in [3.8, 4) is 0 Å². The minimum absolute atomic E-state index is 0.598. The second-order valence-corrected chi connectivity index (χ2v) is 5.11. The number of nitrogens with one attached hydrogen (secondary N) is 1. The average molecular weight is 267 g/mol. The Labute approximate surface area is 117 Å². The largest absolute Gasteiger partial charge is 0.462 e. The van der Waals surface area contributed by atoms with E-state index in [1.165, 1.54) is 24.8 Å². The smallest absolute Gasteiger partial charge is 0.130 e. The van der Waals surface area contributed by atoms with E-state index >= 15 is 0 Å². The van der Waals surface area contributed by atoms with Gasteiger partial charge in [-0.3, -0.25) is 0 Å². The van der Waals surface area contributed by atoms with Gasteiger partial charge in [0, 0.05) is 6.61 Å². The lowest BCUT2D eigenvalue weighted by atomic mass is 10.2. The molecule has 0 unspecified atom stereocenters. The first kappa shape index (κ1) is 16.3. The van der Waals surface area contributed by atoms with Crippen molar-refractivity contribution in [1.29, 1.82) is 0 Å². The molecule has 0 spiro atoms. The van der Waals surface area contributed by atoms with Gasteiger partial charge < -0.3 is 14.5 Å². The number of unbranched alkanes of at least 4 members (excludes halogenated alkanes) is 3. The molecule has 0 aliphatic carbocycles. The van der Waals surface area contributed by atoms with Crippen molar-refractivity contribution in [3.05, 3.63) is 23.2 Å². The lowest BCUT2D eigenvalue weighted by Gasteiger charge is -2.02. The lowest BCUT2D eigenvalue weighted by Crippen LogP contribution is -2.13. The number of aryl methyl sites for hydroxylation is 1. The number of rotatable bonds is 11. The predicted molar refractivity (Wildman–Crippen MR) is 79.2 cm³/mol. The maximum atomic E-state index is 5.80. The molecule has 0 bridgehead atoms. The quantitative estimate of drug-likeness (QED) is 0.611. The van der Waals surface area contributed by atoms with Gasteiger partial charge in [-0.2, -0.15) is 0 Å². The molecule has 1 aromatic heterocycles. The predicted octanol–water partition coefficient (Wildman–Crippen LogP) is 4.18. The highest BCUT2D eigenvalue weighted by molar-refractivity contribution is 5.19. The van der Waals surface area contributed by atoms with Gasteiger partial charge in [0.1, 0.15) is 18.1 Å². The Morgan fingerprint density at radius 1 is 1.16 bits per heavy atom. The molecule has 0 amide bonds. The van der Waals surface area contributed by atoms with Crippen molar-refractivity contribution in [2.24, 2.45) is 0 Å². The molecule has 0 saturated heterocycles. The molecule has 1 heterocycles. The average Bonchev–Trinajstić information content (AvgIpc) is 2.75. The molecule has 0 radical (unpaired) electrons. The summed E-state index contributed by atoms with van der Waals surface area (Å²) in [6.45, 7) is 9.76. The van der Waals surface area contributed by atoms with Crippen LogP contribution in [-0.4, -0.2) is 13.2 Å². The van der Waals surface area contributed by atoms with Gasteiger partial charge in [0.25, 0.3) is 0 Å². The lowest BCUT2D eigenvalue weighted by molar-refractivity contribution is 0.101. The zero-order valence-electron chi connectivity index (χ0n) is 12.8. The summed E-state index contributed by atoms with van der Waals surface area (Å²) >= 11 is 0. The van der Waals surface area contributed by atoms with E-state index in [0.717, 1.165) is 44.1 Å². The van der Waals surface area contributed by atoms with Crippen molar-refractivity contribution in [2.75, 3.05) is 13.2 Å². The SMILES string of the molecule is CCCCCCOCc1cc(C)c(CNCCC)o1. The molecular weight excluding hydrogens is 238 g/mol. The van der Waals surface area contributed by atoms with Crippen LogP contribution in [0.15, 0.2) is 10.5 Å². The van der Waals surface area contributed by atoms with Crippen LogP contribution in [0, 0.1) is 6.92 Å². The Bertz CT molecular complexity index is 333. The molecule has 0 aliphatic heterocycles. The third kappa shape index (κ3) is 6.79. The van der Waals surface area contributed by atoms with Gasteiger partial charge in [0.15, 0.2) is 0 Å². The van der Waals surface area contributed by atoms with Crippen molar-refractivity contribution >= 4 is 0 Å². The summed E-state index contributed by atoms with van der Waals surface area (Å²) < 4.78 is 11.4. The summed E-state index contributed by atoms with van der Waals surface area (Å²) in [6.07, 6.45) is 6.13. The Morgan fingerprint density at radius 3 is 2.74 bits per heavy atom. The third-order valence-corrected chi connectivity index (χ3v) is 3.17. The normalized spacial score (nSPS) is 11.1. The van der Waals surface area contributed by atoms with E-state index < -0.39 is 0 Å². The zero-order valence-corrected chi connectivity index (χ0v) is 12.8. The van der Waals surface area contributed by atoms with Crippen LogP contribution in [0.1, 0.15) is 63.0 Å². The summed E-state index contributed by atoms with van der Waals surface area (Å²) in [5, 5.41) is 3.36. The third-order valence-electron chi connectivity index (χ3n) is 3.17. The molecule has 1 rings (SSSR count). The maximum Gasteiger partial charge on any atom is 0.130 e. The topological polar surface area (TPSA) is 34.4 Å². The van der Waals surface area contributed by atoms with Crippen LogP contribution < -0.4 is 5.32 Å². The summed E-state index contributed by atoms with van der Waals surface area (Å²) in [4.78, 5) is 0. The van der Waals surface area contributed by atoms with Gasteiger partial charge in [-0.25, -0.2) is 0 Å².